The van der Waals surface area contributed by atoms with Gasteiger partial charge in [-0.25, -0.2) is 0 Å². The summed E-state index contributed by atoms with van der Waals surface area (Å²) in [7, 11) is 0. The maximum Gasteiger partial charge on any atom is 0.162 e. The summed E-state index contributed by atoms with van der Waals surface area (Å²) in [4.78, 5) is 0. The van der Waals surface area contributed by atoms with Crippen LogP contribution in [-0.4, -0.2) is 29.5 Å². The van der Waals surface area contributed by atoms with E-state index in [1.807, 2.05) is 24.4 Å². The lowest BCUT2D eigenvalue weighted by atomic mass is 10.1. The van der Waals surface area contributed by atoms with Gasteiger partial charge in [-0.05, 0) is 31.0 Å². The summed E-state index contributed by atoms with van der Waals surface area (Å²) in [6, 6.07) is 6.71. The fraction of sp³-hybridized carbons (Fsp3) is 0.400. The number of aromatic nitrogens is 2. The van der Waals surface area contributed by atoms with Crippen LogP contribution in [0.4, 0.5) is 0 Å². The largest absolute Gasteiger partial charge is 0.486 e. The number of hydrogen-bond donors (Lipinski definition) is 2. The number of ether oxygens (including phenoxy) is 2. The molecule has 20 heavy (non-hydrogen) atoms. The van der Waals surface area contributed by atoms with Crippen LogP contribution in [0.25, 0.3) is 11.3 Å². The van der Waals surface area contributed by atoms with Gasteiger partial charge in [-0.15, -0.1) is 0 Å². The van der Waals surface area contributed by atoms with Gasteiger partial charge < -0.3 is 14.8 Å². The molecule has 1 saturated carbocycles. The van der Waals surface area contributed by atoms with Crippen molar-refractivity contribution in [2.75, 3.05) is 13.2 Å². The predicted molar refractivity (Wildman–Crippen MR) is 74.9 cm³/mol. The molecular formula is C15H17N3O2. The molecule has 0 radical (unpaired) electrons. The molecule has 104 valence electrons. The Labute approximate surface area is 117 Å². The molecule has 5 heteroatoms. The molecule has 0 unspecified atom stereocenters. The first kappa shape index (κ1) is 11.8. The van der Waals surface area contributed by atoms with Gasteiger partial charge >= 0.3 is 0 Å². The van der Waals surface area contributed by atoms with Crippen LogP contribution < -0.4 is 14.8 Å². The van der Waals surface area contributed by atoms with Crippen molar-refractivity contribution in [3.63, 3.8) is 0 Å². The standard InChI is InChI=1S/C15H17N3O2/c1-4-13-14(20-6-5-19-13)7-10(1)15-11(9-17-18-15)8-16-12-2-3-12/h1,4,7,9,12,16H,2-3,5-6,8H2,(H,17,18). The third-order valence-corrected chi connectivity index (χ3v) is 3.71. The topological polar surface area (TPSA) is 59.2 Å². The lowest BCUT2D eigenvalue weighted by molar-refractivity contribution is 0.171. The van der Waals surface area contributed by atoms with Crippen molar-refractivity contribution in [2.24, 2.45) is 0 Å². The van der Waals surface area contributed by atoms with Gasteiger partial charge in [0.25, 0.3) is 0 Å². The van der Waals surface area contributed by atoms with E-state index in [0.717, 1.165) is 29.3 Å². The van der Waals surface area contributed by atoms with Gasteiger partial charge in [-0.3, -0.25) is 5.10 Å². The molecule has 2 aliphatic rings. The molecule has 2 N–H and O–H groups in total. The van der Waals surface area contributed by atoms with E-state index in [4.69, 9.17) is 9.47 Å². The van der Waals surface area contributed by atoms with E-state index in [-0.39, 0.29) is 0 Å². The maximum atomic E-state index is 5.64. The van der Waals surface area contributed by atoms with Gasteiger partial charge in [-0.2, -0.15) is 5.10 Å². The first-order chi connectivity index (χ1) is 9.90. The Kier molecular flexibility index (Phi) is 2.85. The average molecular weight is 271 g/mol. The molecule has 0 saturated heterocycles. The lowest BCUT2D eigenvalue weighted by Gasteiger charge is -2.18. The number of aromatic amines is 1. The first-order valence-corrected chi connectivity index (χ1v) is 7.06. The average Bonchev–Trinajstić information content (AvgIpc) is 3.21. The van der Waals surface area contributed by atoms with Crippen molar-refractivity contribution < 1.29 is 9.47 Å². The second-order valence-electron chi connectivity index (χ2n) is 5.28. The zero-order valence-corrected chi connectivity index (χ0v) is 11.2. The van der Waals surface area contributed by atoms with E-state index >= 15 is 0 Å². The van der Waals surface area contributed by atoms with Crippen molar-refractivity contribution in [1.82, 2.24) is 15.5 Å². The fourth-order valence-electron chi connectivity index (χ4n) is 2.44. The fourth-order valence-corrected chi connectivity index (χ4v) is 2.44. The summed E-state index contributed by atoms with van der Waals surface area (Å²) in [5.41, 5.74) is 3.32. The first-order valence-electron chi connectivity index (χ1n) is 7.06. The molecule has 1 aromatic carbocycles. The minimum absolute atomic E-state index is 0.607. The Morgan fingerprint density at radius 1 is 1.20 bits per heavy atom. The van der Waals surface area contributed by atoms with Crippen LogP contribution in [0.15, 0.2) is 24.4 Å². The predicted octanol–water partition coefficient (Wildman–Crippen LogP) is 2.10. The summed E-state index contributed by atoms with van der Waals surface area (Å²) < 4.78 is 11.2. The molecule has 0 spiro atoms. The summed E-state index contributed by atoms with van der Waals surface area (Å²) in [5.74, 6) is 1.63. The van der Waals surface area contributed by atoms with Crippen molar-refractivity contribution in [3.8, 4) is 22.8 Å². The second-order valence-corrected chi connectivity index (χ2v) is 5.28. The lowest BCUT2D eigenvalue weighted by Crippen LogP contribution is -2.16. The summed E-state index contributed by atoms with van der Waals surface area (Å²) >= 11 is 0. The van der Waals surface area contributed by atoms with E-state index in [0.29, 0.717) is 19.3 Å². The van der Waals surface area contributed by atoms with E-state index in [2.05, 4.69) is 15.5 Å². The molecule has 5 nitrogen and oxygen atoms in total. The van der Waals surface area contributed by atoms with Crippen molar-refractivity contribution >= 4 is 0 Å². The van der Waals surface area contributed by atoms with E-state index < -0.39 is 0 Å². The Morgan fingerprint density at radius 3 is 2.90 bits per heavy atom. The van der Waals surface area contributed by atoms with E-state index in [9.17, 15) is 0 Å². The highest BCUT2D eigenvalue weighted by Gasteiger charge is 2.21. The van der Waals surface area contributed by atoms with Crippen molar-refractivity contribution in [1.29, 1.82) is 0 Å². The van der Waals surface area contributed by atoms with Crippen LogP contribution in [0.3, 0.4) is 0 Å². The SMILES string of the molecule is c1cc2c(cc1-c1[nH]ncc1CNC1CC1)OCCO2. The smallest absolute Gasteiger partial charge is 0.162 e. The van der Waals surface area contributed by atoms with Gasteiger partial charge in [0.2, 0.25) is 0 Å². The summed E-state index contributed by atoms with van der Waals surface area (Å²) in [6.07, 6.45) is 4.47. The van der Waals surface area contributed by atoms with Gasteiger partial charge in [0.15, 0.2) is 11.5 Å². The number of nitrogens with zero attached hydrogens (tertiary/aromatic N) is 1. The molecule has 2 heterocycles. The highest BCUT2D eigenvalue weighted by atomic mass is 16.6. The van der Waals surface area contributed by atoms with Gasteiger partial charge in [0.1, 0.15) is 13.2 Å². The molecule has 1 aliphatic heterocycles. The highest BCUT2D eigenvalue weighted by molar-refractivity contribution is 5.66. The highest BCUT2D eigenvalue weighted by Crippen LogP contribution is 2.34. The number of fused-ring (bicyclic) bond motifs is 1. The molecule has 1 aliphatic carbocycles. The molecular weight excluding hydrogens is 254 g/mol. The minimum Gasteiger partial charge on any atom is -0.486 e. The zero-order valence-electron chi connectivity index (χ0n) is 11.2. The van der Waals surface area contributed by atoms with Crippen LogP contribution in [-0.2, 0) is 6.54 Å². The summed E-state index contributed by atoms with van der Waals surface area (Å²) in [6.45, 7) is 2.08. The van der Waals surface area contributed by atoms with Crippen molar-refractivity contribution in [2.45, 2.75) is 25.4 Å². The van der Waals surface area contributed by atoms with Crippen LogP contribution in [0.5, 0.6) is 11.5 Å². The Hall–Kier alpha value is -2.01. The number of benzene rings is 1. The number of rotatable bonds is 4. The number of H-pyrrole nitrogens is 1. The Bertz CT molecular complexity index is 619. The van der Waals surface area contributed by atoms with Gasteiger partial charge in [0, 0.05) is 23.7 Å². The molecule has 0 bridgehead atoms. The monoisotopic (exact) mass is 271 g/mol. The zero-order chi connectivity index (χ0) is 13.4. The third-order valence-electron chi connectivity index (χ3n) is 3.71. The van der Waals surface area contributed by atoms with Crippen LogP contribution in [0.1, 0.15) is 18.4 Å². The van der Waals surface area contributed by atoms with Crippen LogP contribution in [0, 0.1) is 0 Å². The van der Waals surface area contributed by atoms with Gasteiger partial charge in [0.05, 0.1) is 11.9 Å². The molecule has 0 atom stereocenters. The van der Waals surface area contributed by atoms with Crippen LogP contribution >= 0.6 is 0 Å². The molecule has 4 rings (SSSR count). The van der Waals surface area contributed by atoms with Gasteiger partial charge in [-0.1, -0.05) is 0 Å². The van der Waals surface area contributed by atoms with E-state index in [1.54, 1.807) is 0 Å². The number of hydrogen-bond acceptors (Lipinski definition) is 4. The van der Waals surface area contributed by atoms with E-state index in [1.165, 1.54) is 18.4 Å². The molecule has 1 aromatic heterocycles. The third kappa shape index (κ3) is 2.25. The minimum atomic E-state index is 0.607. The maximum absolute atomic E-state index is 5.64. The quantitative estimate of drug-likeness (QED) is 0.894. The second kappa shape index (κ2) is 4.83. The van der Waals surface area contributed by atoms with Crippen LogP contribution in [0.2, 0.25) is 0 Å². The number of nitrogens with one attached hydrogen (secondary N) is 2. The molecule has 2 aromatic rings. The molecule has 1 fully saturated rings. The Morgan fingerprint density at radius 2 is 2.05 bits per heavy atom. The Balaban J connectivity index is 1.61. The summed E-state index contributed by atoms with van der Waals surface area (Å²) in [5, 5.41) is 10.8. The van der Waals surface area contributed by atoms with Crippen molar-refractivity contribution in [3.05, 3.63) is 30.0 Å². The molecule has 0 amide bonds. The normalized spacial score (nSPS) is 17.2.